The van der Waals surface area contributed by atoms with Crippen LogP contribution in [0.2, 0.25) is 0 Å². The Morgan fingerprint density at radius 2 is 2.06 bits per heavy atom. The van der Waals surface area contributed by atoms with Crippen LogP contribution in [0.3, 0.4) is 0 Å². The van der Waals surface area contributed by atoms with Crippen molar-refractivity contribution >= 4 is 11.7 Å². The van der Waals surface area contributed by atoms with E-state index in [9.17, 15) is 4.79 Å². The van der Waals surface area contributed by atoms with E-state index in [1.807, 2.05) is 24.3 Å². The molecule has 0 atom stereocenters. The van der Waals surface area contributed by atoms with Crippen molar-refractivity contribution in [2.75, 3.05) is 25.0 Å². The standard InChI is InChI=1S/C14H16N2O2/c17-11-5-7-12-6-1-2-8-13(12)15-14(18)16-9-3-4-10-16/h1-2,6,8,17H,3-4,9-11H2,(H,15,18). The van der Waals surface area contributed by atoms with E-state index in [4.69, 9.17) is 5.11 Å². The first-order chi connectivity index (χ1) is 8.81. The second-order valence-electron chi connectivity index (χ2n) is 4.13. The monoisotopic (exact) mass is 244 g/mol. The van der Waals surface area contributed by atoms with Crippen LogP contribution in [-0.2, 0) is 0 Å². The number of hydrogen-bond acceptors (Lipinski definition) is 2. The quantitative estimate of drug-likeness (QED) is 0.738. The molecule has 1 aromatic rings. The zero-order valence-electron chi connectivity index (χ0n) is 10.1. The molecule has 18 heavy (non-hydrogen) atoms. The first-order valence-electron chi connectivity index (χ1n) is 6.06. The van der Waals surface area contributed by atoms with Crippen LogP contribution in [0.4, 0.5) is 10.5 Å². The van der Waals surface area contributed by atoms with E-state index in [1.165, 1.54) is 0 Å². The Balaban J connectivity index is 2.10. The van der Waals surface area contributed by atoms with Gasteiger partial charge in [0.15, 0.2) is 0 Å². The van der Waals surface area contributed by atoms with Crippen molar-refractivity contribution in [1.82, 2.24) is 4.90 Å². The van der Waals surface area contributed by atoms with Crippen LogP contribution >= 0.6 is 0 Å². The number of urea groups is 1. The number of para-hydroxylation sites is 1. The van der Waals surface area contributed by atoms with Crippen LogP contribution in [0, 0.1) is 11.8 Å². The van der Waals surface area contributed by atoms with Crippen LogP contribution < -0.4 is 5.32 Å². The summed E-state index contributed by atoms with van der Waals surface area (Å²) >= 11 is 0. The number of aliphatic hydroxyl groups excluding tert-OH is 1. The van der Waals surface area contributed by atoms with E-state index < -0.39 is 0 Å². The topological polar surface area (TPSA) is 52.6 Å². The van der Waals surface area contributed by atoms with Gasteiger partial charge in [-0.05, 0) is 25.0 Å². The minimum absolute atomic E-state index is 0.0780. The maximum Gasteiger partial charge on any atom is 0.321 e. The molecule has 1 aromatic carbocycles. The van der Waals surface area contributed by atoms with Crippen molar-refractivity contribution in [3.63, 3.8) is 0 Å². The van der Waals surface area contributed by atoms with Gasteiger partial charge < -0.3 is 15.3 Å². The SMILES string of the molecule is O=C(Nc1ccccc1C#CCO)N1CCCC1. The molecule has 4 nitrogen and oxygen atoms in total. The van der Waals surface area contributed by atoms with Crippen LogP contribution in [-0.4, -0.2) is 35.7 Å². The van der Waals surface area contributed by atoms with Crippen molar-refractivity contribution in [3.05, 3.63) is 29.8 Å². The number of hydrogen-bond donors (Lipinski definition) is 2. The molecule has 0 saturated carbocycles. The molecule has 1 aliphatic heterocycles. The lowest BCUT2D eigenvalue weighted by Gasteiger charge is -2.16. The van der Waals surface area contributed by atoms with Gasteiger partial charge in [0.1, 0.15) is 6.61 Å². The largest absolute Gasteiger partial charge is 0.384 e. The minimum Gasteiger partial charge on any atom is -0.384 e. The molecule has 0 aliphatic carbocycles. The zero-order valence-corrected chi connectivity index (χ0v) is 10.1. The number of nitrogens with zero attached hydrogens (tertiary/aromatic N) is 1. The van der Waals surface area contributed by atoms with Gasteiger partial charge >= 0.3 is 6.03 Å². The van der Waals surface area contributed by atoms with E-state index in [0.717, 1.165) is 31.5 Å². The molecule has 0 unspecified atom stereocenters. The van der Waals surface area contributed by atoms with E-state index >= 15 is 0 Å². The fraction of sp³-hybridized carbons (Fsp3) is 0.357. The maximum atomic E-state index is 12.0. The van der Waals surface area contributed by atoms with Gasteiger partial charge in [0.2, 0.25) is 0 Å². The highest BCUT2D eigenvalue weighted by atomic mass is 16.2. The van der Waals surface area contributed by atoms with Crippen LogP contribution in [0.1, 0.15) is 18.4 Å². The Hall–Kier alpha value is -1.99. The summed E-state index contributed by atoms with van der Waals surface area (Å²) in [4.78, 5) is 13.8. The summed E-state index contributed by atoms with van der Waals surface area (Å²) in [6.45, 7) is 1.45. The van der Waals surface area contributed by atoms with Crippen molar-refractivity contribution < 1.29 is 9.90 Å². The highest BCUT2D eigenvalue weighted by Crippen LogP contribution is 2.16. The lowest BCUT2D eigenvalue weighted by atomic mass is 10.2. The van der Waals surface area contributed by atoms with Gasteiger partial charge in [0, 0.05) is 18.7 Å². The van der Waals surface area contributed by atoms with Gasteiger partial charge in [0.05, 0.1) is 5.69 Å². The Kier molecular flexibility index (Phi) is 4.21. The fourth-order valence-electron chi connectivity index (χ4n) is 1.95. The van der Waals surface area contributed by atoms with Gasteiger partial charge in [-0.25, -0.2) is 4.79 Å². The molecule has 2 N–H and O–H groups in total. The summed E-state index contributed by atoms with van der Waals surface area (Å²) in [7, 11) is 0. The number of nitrogens with one attached hydrogen (secondary N) is 1. The molecule has 0 aromatic heterocycles. The highest BCUT2D eigenvalue weighted by molar-refractivity contribution is 5.91. The number of carbonyl (C=O) groups excluding carboxylic acids is 1. The number of benzene rings is 1. The Morgan fingerprint density at radius 1 is 1.33 bits per heavy atom. The van der Waals surface area contributed by atoms with E-state index in [2.05, 4.69) is 17.2 Å². The number of aliphatic hydroxyl groups is 1. The average Bonchev–Trinajstić information content (AvgIpc) is 2.91. The minimum atomic E-state index is -0.186. The van der Waals surface area contributed by atoms with Crippen molar-refractivity contribution in [2.24, 2.45) is 0 Å². The summed E-state index contributed by atoms with van der Waals surface area (Å²) in [5, 5.41) is 11.6. The number of amides is 2. The van der Waals surface area contributed by atoms with E-state index in [-0.39, 0.29) is 12.6 Å². The average molecular weight is 244 g/mol. The van der Waals surface area contributed by atoms with Crippen LogP contribution in [0.25, 0.3) is 0 Å². The predicted molar refractivity (Wildman–Crippen MR) is 70.2 cm³/mol. The van der Waals surface area contributed by atoms with Gasteiger partial charge in [-0.15, -0.1) is 0 Å². The number of anilines is 1. The van der Waals surface area contributed by atoms with Gasteiger partial charge in [-0.1, -0.05) is 24.0 Å². The maximum absolute atomic E-state index is 12.0. The Morgan fingerprint density at radius 3 is 2.78 bits per heavy atom. The first-order valence-corrected chi connectivity index (χ1v) is 6.06. The van der Waals surface area contributed by atoms with Crippen molar-refractivity contribution in [3.8, 4) is 11.8 Å². The third-order valence-electron chi connectivity index (χ3n) is 2.86. The molecule has 0 spiro atoms. The number of carbonyl (C=O) groups is 1. The molecule has 2 amide bonds. The molecular weight excluding hydrogens is 228 g/mol. The molecule has 1 saturated heterocycles. The molecule has 94 valence electrons. The molecule has 1 heterocycles. The van der Waals surface area contributed by atoms with Gasteiger partial charge in [-0.2, -0.15) is 0 Å². The van der Waals surface area contributed by atoms with Crippen molar-refractivity contribution in [1.29, 1.82) is 0 Å². The lowest BCUT2D eigenvalue weighted by Crippen LogP contribution is -2.32. The summed E-state index contributed by atoms with van der Waals surface area (Å²) in [6, 6.07) is 7.26. The summed E-state index contributed by atoms with van der Waals surface area (Å²) in [6.07, 6.45) is 2.14. The van der Waals surface area contributed by atoms with Crippen molar-refractivity contribution in [2.45, 2.75) is 12.8 Å². The molecule has 1 fully saturated rings. The fourth-order valence-corrected chi connectivity index (χ4v) is 1.95. The van der Waals surface area contributed by atoms with E-state index in [1.54, 1.807) is 4.90 Å². The Bertz CT molecular complexity index is 482. The highest BCUT2D eigenvalue weighted by Gasteiger charge is 2.18. The molecule has 2 rings (SSSR count). The Labute approximate surface area is 107 Å². The molecule has 4 heteroatoms. The summed E-state index contributed by atoms with van der Waals surface area (Å²) < 4.78 is 0. The molecule has 1 aliphatic rings. The van der Waals surface area contributed by atoms with Crippen LogP contribution in [0.15, 0.2) is 24.3 Å². The zero-order chi connectivity index (χ0) is 12.8. The smallest absolute Gasteiger partial charge is 0.321 e. The van der Waals surface area contributed by atoms with Crippen LogP contribution in [0.5, 0.6) is 0 Å². The third kappa shape index (κ3) is 3.02. The molecule has 0 radical (unpaired) electrons. The van der Waals surface area contributed by atoms with Gasteiger partial charge in [-0.3, -0.25) is 0 Å². The number of rotatable bonds is 1. The molecular formula is C14H16N2O2. The molecule has 0 bridgehead atoms. The first kappa shape index (κ1) is 12.5. The van der Waals surface area contributed by atoms with E-state index in [0.29, 0.717) is 5.69 Å². The summed E-state index contributed by atoms with van der Waals surface area (Å²) in [5.41, 5.74) is 1.41. The third-order valence-corrected chi connectivity index (χ3v) is 2.86. The normalized spacial score (nSPS) is 13.9. The summed E-state index contributed by atoms with van der Waals surface area (Å²) in [5.74, 6) is 5.41. The number of likely N-dealkylation sites (tertiary alicyclic amines) is 1. The second kappa shape index (κ2) is 6.08. The predicted octanol–water partition coefficient (Wildman–Crippen LogP) is 1.66. The lowest BCUT2D eigenvalue weighted by molar-refractivity contribution is 0.222. The van der Waals surface area contributed by atoms with Gasteiger partial charge in [0.25, 0.3) is 0 Å². The second-order valence-corrected chi connectivity index (χ2v) is 4.13.